The standard InChI is InChI=1S/C23H29BrClN3O4S/c1-5-16(2)26-23(30)17(3)27(14-18-9-6-7-12-21(18)25)22(29)15-28(33(4,31)32)20-11-8-10-19(24)13-20/h6-13,16-17H,5,14-15H2,1-4H3,(H,26,30)/t16-,17+/m1/s1. The molecule has 0 aromatic heterocycles. The van der Waals surface area contributed by atoms with Crippen molar-refractivity contribution < 1.29 is 18.0 Å². The topological polar surface area (TPSA) is 86.8 Å². The Hall–Kier alpha value is -2.10. The minimum Gasteiger partial charge on any atom is -0.352 e. The summed E-state index contributed by atoms with van der Waals surface area (Å²) in [5.74, 6) is -0.842. The Kier molecular flexibility index (Phi) is 9.75. The molecule has 0 spiro atoms. The molecule has 0 saturated heterocycles. The Morgan fingerprint density at radius 2 is 1.79 bits per heavy atom. The second-order valence-corrected chi connectivity index (χ2v) is 11.1. The van der Waals surface area contributed by atoms with Crippen LogP contribution in [0, 0.1) is 0 Å². The lowest BCUT2D eigenvalue weighted by Crippen LogP contribution is -2.52. The highest BCUT2D eigenvalue weighted by Gasteiger charge is 2.30. The number of hydrogen-bond donors (Lipinski definition) is 1. The lowest BCUT2D eigenvalue weighted by Gasteiger charge is -2.32. The molecule has 2 aromatic rings. The van der Waals surface area contributed by atoms with Gasteiger partial charge in [0.25, 0.3) is 0 Å². The number of carbonyl (C=O) groups excluding carboxylic acids is 2. The highest BCUT2D eigenvalue weighted by Crippen LogP contribution is 2.24. The molecule has 0 fully saturated rings. The third kappa shape index (κ3) is 7.72. The predicted octanol–water partition coefficient (Wildman–Crippen LogP) is 4.20. The number of benzene rings is 2. The molecule has 0 heterocycles. The zero-order valence-electron chi connectivity index (χ0n) is 19.1. The van der Waals surface area contributed by atoms with Crippen LogP contribution in [0.25, 0.3) is 0 Å². The van der Waals surface area contributed by atoms with E-state index in [-0.39, 0.29) is 18.5 Å². The molecule has 1 N–H and O–H groups in total. The number of sulfonamides is 1. The van der Waals surface area contributed by atoms with Crippen molar-refractivity contribution in [3.05, 3.63) is 63.6 Å². The van der Waals surface area contributed by atoms with Gasteiger partial charge in [0.2, 0.25) is 21.8 Å². The van der Waals surface area contributed by atoms with Crippen LogP contribution in [-0.4, -0.2) is 50.0 Å². The molecule has 2 rings (SSSR count). The van der Waals surface area contributed by atoms with Crippen LogP contribution in [0.3, 0.4) is 0 Å². The van der Waals surface area contributed by atoms with Crippen molar-refractivity contribution in [2.45, 2.75) is 45.8 Å². The van der Waals surface area contributed by atoms with Gasteiger partial charge in [0.15, 0.2) is 0 Å². The van der Waals surface area contributed by atoms with Crippen LogP contribution < -0.4 is 9.62 Å². The summed E-state index contributed by atoms with van der Waals surface area (Å²) >= 11 is 9.64. The first-order valence-corrected chi connectivity index (χ1v) is 13.5. The van der Waals surface area contributed by atoms with Crippen molar-refractivity contribution in [1.29, 1.82) is 0 Å². The maximum absolute atomic E-state index is 13.5. The van der Waals surface area contributed by atoms with Crippen LogP contribution in [0.4, 0.5) is 5.69 Å². The van der Waals surface area contributed by atoms with E-state index < -0.39 is 28.5 Å². The van der Waals surface area contributed by atoms with Gasteiger partial charge in [-0.15, -0.1) is 0 Å². The second kappa shape index (κ2) is 11.9. The summed E-state index contributed by atoms with van der Waals surface area (Å²) in [7, 11) is -3.77. The van der Waals surface area contributed by atoms with Gasteiger partial charge in [-0.1, -0.05) is 58.7 Å². The fourth-order valence-corrected chi connectivity index (χ4v) is 4.53. The summed E-state index contributed by atoms with van der Waals surface area (Å²) in [4.78, 5) is 27.7. The van der Waals surface area contributed by atoms with Crippen LogP contribution in [0.2, 0.25) is 5.02 Å². The summed E-state index contributed by atoms with van der Waals surface area (Å²) in [6, 6.07) is 12.8. The lowest BCUT2D eigenvalue weighted by atomic mass is 10.1. The van der Waals surface area contributed by atoms with Crippen molar-refractivity contribution in [3.8, 4) is 0 Å². The number of nitrogens with one attached hydrogen (secondary N) is 1. The van der Waals surface area contributed by atoms with Crippen LogP contribution in [-0.2, 0) is 26.2 Å². The molecule has 0 bridgehead atoms. The number of amides is 2. The van der Waals surface area contributed by atoms with Crippen molar-refractivity contribution in [1.82, 2.24) is 10.2 Å². The monoisotopic (exact) mass is 557 g/mol. The van der Waals surface area contributed by atoms with Gasteiger partial charge in [-0.3, -0.25) is 13.9 Å². The molecular weight excluding hydrogens is 530 g/mol. The normalized spacial score (nSPS) is 13.2. The summed E-state index contributed by atoms with van der Waals surface area (Å²) < 4.78 is 26.8. The van der Waals surface area contributed by atoms with E-state index in [9.17, 15) is 18.0 Å². The van der Waals surface area contributed by atoms with Gasteiger partial charge in [-0.25, -0.2) is 8.42 Å². The Morgan fingerprint density at radius 1 is 1.12 bits per heavy atom. The van der Waals surface area contributed by atoms with Gasteiger partial charge in [0.1, 0.15) is 12.6 Å². The second-order valence-electron chi connectivity index (χ2n) is 7.86. The fourth-order valence-electron chi connectivity index (χ4n) is 3.10. The molecule has 0 radical (unpaired) electrons. The molecular formula is C23H29BrClN3O4S. The van der Waals surface area contributed by atoms with Crippen LogP contribution in [0.15, 0.2) is 53.0 Å². The molecule has 2 aromatic carbocycles. The predicted molar refractivity (Wildman–Crippen MR) is 136 cm³/mol. The van der Waals surface area contributed by atoms with Gasteiger partial charge < -0.3 is 10.2 Å². The molecule has 33 heavy (non-hydrogen) atoms. The van der Waals surface area contributed by atoms with Crippen LogP contribution >= 0.6 is 27.5 Å². The molecule has 10 heteroatoms. The Morgan fingerprint density at radius 3 is 2.36 bits per heavy atom. The van der Waals surface area contributed by atoms with Gasteiger partial charge in [-0.05, 0) is 50.1 Å². The van der Waals surface area contributed by atoms with E-state index in [1.54, 1.807) is 55.5 Å². The number of nitrogens with zero attached hydrogens (tertiary/aromatic N) is 2. The van der Waals surface area contributed by atoms with Crippen LogP contribution in [0.1, 0.15) is 32.8 Å². The van der Waals surface area contributed by atoms with E-state index in [0.29, 0.717) is 20.7 Å². The molecule has 2 amide bonds. The molecule has 0 aliphatic heterocycles. The van der Waals surface area contributed by atoms with Gasteiger partial charge in [0, 0.05) is 22.1 Å². The Bertz CT molecular complexity index is 1100. The summed E-state index contributed by atoms with van der Waals surface area (Å²) in [5, 5.41) is 3.34. The molecule has 0 unspecified atom stereocenters. The Labute approximate surface area is 209 Å². The largest absolute Gasteiger partial charge is 0.352 e. The van der Waals surface area contributed by atoms with E-state index in [1.807, 2.05) is 13.8 Å². The smallest absolute Gasteiger partial charge is 0.244 e. The van der Waals surface area contributed by atoms with Crippen LogP contribution in [0.5, 0.6) is 0 Å². The summed E-state index contributed by atoms with van der Waals surface area (Å²) in [6.45, 7) is 5.05. The highest BCUT2D eigenvalue weighted by molar-refractivity contribution is 9.10. The maximum Gasteiger partial charge on any atom is 0.244 e. The maximum atomic E-state index is 13.5. The zero-order chi connectivity index (χ0) is 24.8. The molecule has 2 atom stereocenters. The zero-order valence-corrected chi connectivity index (χ0v) is 22.2. The third-order valence-corrected chi connectivity index (χ3v) is 7.24. The van der Waals surface area contributed by atoms with Gasteiger partial charge >= 0.3 is 0 Å². The van der Waals surface area contributed by atoms with Crippen molar-refractivity contribution in [2.75, 3.05) is 17.1 Å². The number of anilines is 1. The van der Waals surface area contributed by atoms with Crippen molar-refractivity contribution in [3.63, 3.8) is 0 Å². The van der Waals surface area contributed by atoms with E-state index in [1.165, 1.54) is 4.90 Å². The minimum atomic E-state index is -3.77. The first-order valence-electron chi connectivity index (χ1n) is 10.5. The van der Waals surface area contributed by atoms with Gasteiger partial charge in [0.05, 0.1) is 11.9 Å². The minimum absolute atomic E-state index is 0.0592. The third-order valence-electron chi connectivity index (χ3n) is 5.24. The fraction of sp³-hybridized carbons (Fsp3) is 0.391. The summed E-state index contributed by atoms with van der Waals surface area (Å²) in [5.41, 5.74) is 0.999. The Balaban J connectivity index is 2.40. The van der Waals surface area contributed by atoms with Crippen molar-refractivity contribution >= 4 is 55.1 Å². The highest BCUT2D eigenvalue weighted by atomic mass is 79.9. The quantitative estimate of drug-likeness (QED) is 0.474. The molecule has 0 aliphatic rings. The molecule has 0 aliphatic carbocycles. The number of hydrogen-bond acceptors (Lipinski definition) is 4. The number of halogens is 2. The average Bonchev–Trinajstić information content (AvgIpc) is 2.75. The van der Waals surface area contributed by atoms with E-state index in [2.05, 4.69) is 21.2 Å². The van der Waals surface area contributed by atoms with E-state index in [4.69, 9.17) is 11.6 Å². The van der Waals surface area contributed by atoms with Crippen molar-refractivity contribution in [2.24, 2.45) is 0 Å². The van der Waals surface area contributed by atoms with E-state index in [0.717, 1.165) is 17.0 Å². The molecule has 180 valence electrons. The average molecular weight is 559 g/mol. The first-order chi connectivity index (χ1) is 15.4. The van der Waals surface area contributed by atoms with Gasteiger partial charge in [-0.2, -0.15) is 0 Å². The lowest BCUT2D eigenvalue weighted by molar-refractivity contribution is -0.139. The number of carbonyl (C=O) groups is 2. The SMILES string of the molecule is CC[C@@H](C)NC(=O)[C@H](C)N(Cc1ccccc1Cl)C(=O)CN(c1cccc(Br)c1)S(C)(=O)=O. The first kappa shape index (κ1) is 27.1. The molecule has 7 nitrogen and oxygen atoms in total. The summed E-state index contributed by atoms with van der Waals surface area (Å²) in [6.07, 6.45) is 1.78. The number of rotatable bonds is 10. The van der Waals surface area contributed by atoms with E-state index >= 15 is 0 Å². The molecule has 0 saturated carbocycles.